The third-order valence-corrected chi connectivity index (χ3v) is 6.16. The average Bonchev–Trinajstić information content (AvgIpc) is 3.29. The lowest BCUT2D eigenvalue weighted by Gasteiger charge is -2.17. The van der Waals surface area contributed by atoms with E-state index in [2.05, 4.69) is 0 Å². The lowest BCUT2D eigenvalue weighted by Crippen LogP contribution is -2.19. The Balaban J connectivity index is 2.23. The van der Waals surface area contributed by atoms with Crippen molar-refractivity contribution < 1.29 is 43.9 Å². The van der Waals surface area contributed by atoms with Gasteiger partial charge in [0.15, 0.2) is 11.5 Å². The molecule has 2 atom stereocenters. The van der Waals surface area contributed by atoms with E-state index < -0.39 is 30.6 Å². The normalized spacial score (nSPS) is 12.7. The van der Waals surface area contributed by atoms with Crippen molar-refractivity contribution in [3.8, 4) is 28.5 Å². The van der Waals surface area contributed by atoms with Crippen molar-refractivity contribution in [1.82, 2.24) is 4.57 Å². The summed E-state index contributed by atoms with van der Waals surface area (Å²) in [6, 6.07) is 14.8. The number of carbonyl (C=O) groups is 2. The summed E-state index contributed by atoms with van der Waals surface area (Å²) in [4.78, 5) is 24.1. The number of rotatable bonds is 14. The number of esters is 1. The minimum atomic E-state index is -1.23. The maximum absolute atomic E-state index is 13.2. The van der Waals surface area contributed by atoms with Crippen LogP contribution >= 0.6 is 0 Å². The van der Waals surface area contributed by atoms with Crippen molar-refractivity contribution in [1.29, 1.82) is 0 Å². The molecule has 0 aliphatic rings. The molecule has 40 heavy (non-hydrogen) atoms. The Morgan fingerprint density at radius 3 is 2.17 bits per heavy atom. The maximum atomic E-state index is 13.2. The minimum absolute atomic E-state index is 0.169. The van der Waals surface area contributed by atoms with Crippen molar-refractivity contribution in [2.75, 3.05) is 27.9 Å². The van der Waals surface area contributed by atoms with Gasteiger partial charge in [-0.1, -0.05) is 30.3 Å². The van der Waals surface area contributed by atoms with Crippen LogP contribution in [-0.4, -0.2) is 72.0 Å². The molecule has 10 heteroatoms. The van der Waals surface area contributed by atoms with Crippen molar-refractivity contribution >= 4 is 18.1 Å². The third kappa shape index (κ3) is 7.43. The number of hydrogen-bond donors (Lipinski definition) is 3. The molecule has 1 aromatic heterocycles. The van der Waals surface area contributed by atoms with Gasteiger partial charge in [-0.05, 0) is 36.8 Å². The van der Waals surface area contributed by atoms with E-state index in [4.69, 9.17) is 24.1 Å². The van der Waals surface area contributed by atoms with Crippen LogP contribution < -0.4 is 14.2 Å². The minimum Gasteiger partial charge on any atom is -0.493 e. The molecule has 0 aliphatic heterocycles. The second kappa shape index (κ2) is 14.2. The Kier molecular flexibility index (Phi) is 10.7. The number of methoxy groups -OCH3 is 3. The van der Waals surface area contributed by atoms with Crippen LogP contribution in [0.1, 0.15) is 41.4 Å². The van der Waals surface area contributed by atoms with E-state index in [1.165, 1.54) is 27.4 Å². The SMILES string of the molecule is CCOC(=O)c1cc(Cc2ccccc2)n(/C=C/[C@@H](O)C[C@@H](O)CC(=O)O)c1-c1cc(OC)c(OC)c(OC)c1. The van der Waals surface area contributed by atoms with Gasteiger partial charge in [-0.15, -0.1) is 0 Å². The fourth-order valence-corrected chi connectivity index (χ4v) is 4.39. The molecule has 10 nitrogen and oxygen atoms in total. The molecule has 2 aromatic carbocycles. The number of benzene rings is 2. The van der Waals surface area contributed by atoms with E-state index in [9.17, 15) is 19.8 Å². The van der Waals surface area contributed by atoms with Crippen LogP contribution in [0.2, 0.25) is 0 Å². The topological polar surface area (TPSA) is 137 Å². The largest absolute Gasteiger partial charge is 0.493 e. The van der Waals surface area contributed by atoms with E-state index in [1.807, 2.05) is 30.3 Å². The Morgan fingerprint density at radius 2 is 1.62 bits per heavy atom. The lowest BCUT2D eigenvalue weighted by molar-refractivity contribution is -0.139. The predicted molar refractivity (Wildman–Crippen MR) is 149 cm³/mol. The highest BCUT2D eigenvalue weighted by Crippen LogP contribution is 2.43. The van der Waals surface area contributed by atoms with Gasteiger partial charge in [-0.3, -0.25) is 4.79 Å². The van der Waals surface area contributed by atoms with Crippen molar-refractivity contribution in [3.63, 3.8) is 0 Å². The third-order valence-electron chi connectivity index (χ3n) is 6.16. The molecule has 0 spiro atoms. The fraction of sp³-hybridized carbons (Fsp3) is 0.333. The van der Waals surface area contributed by atoms with Gasteiger partial charge in [0.05, 0.1) is 57.8 Å². The Hall–Kier alpha value is -4.28. The van der Waals surface area contributed by atoms with Crippen LogP contribution in [0.25, 0.3) is 17.5 Å². The average molecular weight is 554 g/mol. The van der Waals surface area contributed by atoms with Crippen LogP contribution in [0.3, 0.4) is 0 Å². The quantitative estimate of drug-likeness (QED) is 0.253. The van der Waals surface area contributed by atoms with Gasteiger partial charge in [0, 0.05) is 30.3 Å². The van der Waals surface area contributed by atoms with E-state index in [0.717, 1.165) is 5.56 Å². The molecule has 3 N–H and O–H groups in total. The molecule has 0 radical (unpaired) electrons. The Morgan fingerprint density at radius 1 is 0.975 bits per heavy atom. The number of carbonyl (C=O) groups excluding carboxylic acids is 1. The standard InChI is InChI=1S/C30H35NO9/c1-5-40-30(36)24-16-21(13-19-9-7-6-8-10-19)31(12-11-22(32)17-23(33)18-27(34)35)28(24)20-14-25(37-2)29(39-4)26(15-20)38-3/h6-12,14-16,22-23,32-33H,5,13,17-18H2,1-4H3,(H,34,35)/b12-11+/t22-,23-/m1/s1. The van der Waals surface area contributed by atoms with Gasteiger partial charge in [-0.25, -0.2) is 4.79 Å². The first-order chi connectivity index (χ1) is 19.2. The summed E-state index contributed by atoms with van der Waals surface area (Å²) in [6.07, 6.45) is 0.433. The number of ether oxygens (including phenoxy) is 4. The molecule has 0 bridgehead atoms. The molecular weight excluding hydrogens is 518 g/mol. The molecule has 3 rings (SSSR count). The van der Waals surface area contributed by atoms with E-state index in [1.54, 1.807) is 35.9 Å². The molecule has 0 amide bonds. The maximum Gasteiger partial charge on any atom is 0.340 e. The summed E-state index contributed by atoms with van der Waals surface area (Å²) in [6.45, 7) is 1.89. The summed E-state index contributed by atoms with van der Waals surface area (Å²) in [5.41, 5.74) is 3.00. The fourth-order valence-electron chi connectivity index (χ4n) is 4.39. The number of aliphatic carboxylic acids is 1. The number of aromatic nitrogens is 1. The van der Waals surface area contributed by atoms with Gasteiger partial charge >= 0.3 is 11.9 Å². The smallest absolute Gasteiger partial charge is 0.340 e. The number of carboxylic acids is 1. The summed E-state index contributed by atoms with van der Waals surface area (Å²) in [5.74, 6) is -0.560. The molecule has 1 heterocycles. The number of aliphatic hydroxyl groups is 2. The Bertz CT molecular complexity index is 1310. The molecule has 0 aliphatic carbocycles. The molecule has 0 fully saturated rings. The van der Waals surface area contributed by atoms with Gasteiger partial charge in [0.1, 0.15) is 0 Å². The van der Waals surface area contributed by atoms with Crippen LogP contribution in [-0.2, 0) is 16.0 Å². The van der Waals surface area contributed by atoms with Crippen molar-refractivity contribution in [3.05, 3.63) is 71.4 Å². The summed E-state index contributed by atoms with van der Waals surface area (Å²) in [5, 5.41) is 29.5. The number of carboxylic acid groups (broad SMARTS) is 1. The Labute approximate surface area is 233 Å². The zero-order valence-corrected chi connectivity index (χ0v) is 23.0. The highest BCUT2D eigenvalue weighted by atomic mass is 16.5. The molecule has 214 valence electrons. The van der Waals surface area contributed by atoms with Crippen LogP contribution in [0.15, 0.2) is 54.6 Å². The molecular formula is C30H35NO9. The van der Waals surface area contributed by atoms with Crippen LogP contribution in [0.4, 0.5) is 0 Å². The van der Waals surface area contributed by atoms with E-state index in [0.29, 0.717) is 40.6 Å². The highest BCUT2D eigenvalue weighted by molar-refractivity contribution is 5.98. The van der Waals surface area contributed by atoms with E-state index >= 15 is 0 Å². The molecule has 0 saturated heterocycles. The van der Waals surface area contributed by atoms with Crippen LogP contribution in [0.5, 0.6) is 17.2 Å². The number of aliphatic hydroxyl groups excluding tert-OH is 2. The summed E-state index contributed by atoms with van der Waals surface area (Å²) < 4.78 is 23.7. The second-order valence-corrected chi connectivity index (χ2v) is 8.96. The molecule has 0 unspecified atom stereocenters. The van der Waals surface area contributed by atoms with Gasteiger partial charge in [-0.2, -0.15) is 0 Å². The molecule has 3 aromatic rings. The first kappa shape index (κ1) is 30.3. The summed E-state index contributed by atoms with van der Waals surface area (Å²) in [7, 11) is 4.48. The highest BCUT2D eigenvalue weighted by Gasteiger charge is 2.25. The zero-order chi connectivity index (χ0) is 29.2. The van der Waals surface area contributed by atoms with Crippen molar-refractivity contribution in [2.45, 2.75) is 38.4 Å². The van der Waals surface area contributed by atoms with Gasteiger partial charge < -0.3 is 38.8 Å². The van der Waals surface area contributed by atoms with Crippen LogP contribution in [0, 0.1) is 0 Å². The van der Waals surface area contributed by atoms with Gasteiger partial charge in [0.25, 0.3) is 0 Å². The predicted octanol–water partition coefficient (Wildman–Crippen LogP) is 4.01. The number of hydrogen-bond acceptors (Lipinski definition) is 8. The molecule has 0 saturated carbocycles. The number of nitrogens with zero attached hydrogens (tertiary/aromatic N) is 1. The van der Waals surface area contributed by atoms with Crippen molar-refractivity contribution in [2.24, 2.45) is 0 Å². The first-order valence-electron chi connectivity index (χ1n) is 12.7. The van der Waals surface area contributed by atoms with Gasteiger partial charge in [0.2, 0.25) is 5.75 Å². The lowest BCUT2D eigenvalue weighted by atomic mass is 10.1. The summed E-state index contributed by atoms with van der Waals surface area (Å²) >= 11 is 0. The first-order valence-corrected chi connectivity index (χ1v) is 12.7. The second-order valence-electron chi connectivity index (χ2n) is 8.96. The monoisotopic (exact) mass is 553 g/mol. The van der Waals surface area contributed by atoms with E-state index in [-0.39, 0.29) is 18.6 Å². The zero-order valence-electron chi connectivity index (χ0n) is 23.0.